The highest BCUT2D eigenvalue weighted by Crippen LogP contribution is 2.27. The average Bonchev–Trinajstić information content (AvgIpc) is 2.52. The molecule has 1 N–H and O–H groups in total. The van der Waals surface area contributed by atoms with E-state index >= 15 is 0 Å². The van der Waals surface area contributed by atoms with Crippen LogP contribution < -0.4 is 0 Å². The van der Waals surface area contributed by atoms with Crippen molar-refractivity contribution in [3.63, 3.8) is 0 Å². The minimum atomic E-state index is 0.592. The number of hydrogen-bond donors (Lipinski definition) is 1. The number of halogens is 1. The number of benzene rings is 1. The summed E-state index contributed by atoms with van der Waals surface area (Å²) in [6.07, 6.45) is 1.74. The van der Waals surface area contributed by atoms with Gasteiger partial charge in [-0.15, -0.1) is 0 Å². The van der Waals surface area contributed by atoms with Gasteiger partial charge in [0.1, 0.15) is 5.15 Å². The molecule has 1 aromatic heterocycles. The number of H-pyrrole nitrogens is 1. The van der Waals surface area contributed by atoms with Gasteiger partial charge in [-0.3, -0.25) is 5.10 Å². The zero-order valence-corrected chi connectivity index (χ0v) is 7.97. The van der Waals surface area contributed by atoms with Crippen LogP contribution in [-0.2, 0) is 0 Å². The zero-order chi connectivity index (χ0) is 9.26. The smallest absolute Gasteiger partial charge is 0.132 e. The van der Waals surface area contributed by atoms with Crippen LogP contribution in [0.5, 0.6) is 0 Å². The molecule has 13 heavy (non-hydrogen) atoms. The number of hydrogen-bond acceptors (Lipinski definition) is 1. The standard InChI is InChI=1S/C10H9ClN2/c1-7-4-2-3-5-8(7)9-6-12-13-10(9)11/h2-6H,1H3,(H,12,13). The molecule has 0 amide bonds. The van der Waals surface area contributed by atoms with E-state index in [1.165, 1.54) is 5.56 Å². The van der Waals surface area contributed by atoms with Crippen LogP contribution in [0.2, 0.25) is 5.15 Å². The molecule has 0 aliphatic heterocycles. The second kappa shape index (κ2) is 3.23. The molecule has 2 nitrogen and oxygen atoms in total. The van der Waals surface area contributed by atoms with Crippen molar-refractivity contribution in [1.82, 2.24) is 10.2 Å². The first-order valence-corrected chi connectivity index (χ1v) is 4.41. The molecule has 0 saturated carbocycles. The van der Waals surface area contributed by atoms with Crippen LogP contribution >= 0.6 is 11.6 Å². The third-order valence-electron chi connectivity index (χ3n) is 2.03. The molecule has 0 spiro atoms. The summed E-state index contributed by atoms with van der Waals surface area (Å²) in [5.41, 5.74) is 3.28. The topological polar surface area (TPSA) is 28.7 Å². The van der Waals surface area contributed by atoms with Crippen LogP contribution in [0.1, 0.15) is 5.56 Å². The minimum Gasteiger partial charge on any atom is -0.267 e. The van der Waals surface area contributed by atoms with Crippen molar-refractivity contribution in [2.24, 2.45) is 0 Å². The fraction of sp³-hybridized carbons (Fsp3) is 0.100. The van der Waals surface area contributed by atoms with Crippen LogP contribution in [0.4, 0.5) is 0 Å². The second-order valence-electron chi connectivity index (χ2n) is 2.91. The third kappa shape index (κ3) is 1.45. The van der Waals surface area contributed by atoms with E-state index in [9.17, 15) is 0 Å². The van der Waals surface area contributed by atoms with Crippen LogP contribution in [0.3, 0.4) is 0 Å². The van der Waals surface area contributed by atoms with Crippen molar-refractivity contribution in [3.05, 3.63) is 41.2 Å². The lowest BCUT2D eigenvalue weighted by Crippen LogP contribution is -1.80. The summed E-state index contributed by atoms with van der Waals surface area (Å²) in [6, 6.07) is 8.09. The van der Waals surface area contributed by atoms with E-state index in [1.54, 1.807) is 6.20 Å². The number of nitrogens with one attached hydrogen (secondary N) is 1. The van der Waals surface area contributed by atoms with Crippen molar-refractivity contribution >= 4 is 11.6 Å². The highest BCUT2D eigenvalue weighted by molar-refractivity contribution is 6.32. The molecule has 66 valence electrons. The Kier molecular flexibility index (Phi) is 2.07. The highest BCUT2D eigenvalue weighted by Gasteiger charge is 2.06. The van der Waals surface area contributed by atoms with Gasteiger partial charge >= 0.3 is 0 Å². The Morgan fingerprint density at radius 1 is 1.23 bits per heavy atom. The van der Waals surface area contributed by atoms with Gasteiger partial charge in [0.25, 0.3) is 0 Å². The van der Waals surface area contributed by atoms with Gasteiger partial charge in [-0.25, -0.2) is 0 Å². The number of aromatic nitrogens is 2. The van der Waals surface area contributed by atoms with E-state index in [0.29, 0.717) is 5.15 Å². The summed E-state index contributed by atoms with van der Waals surface area (Å²) >= 11 is 5.93. The van der Waals surface area contributed by atoms with E-state index in [0.717, 1.165) is 11.1 Å². The molecule has 0 saturated heterocycles. The molecule has 0 fully saturated rings. The first-order chi connectivity index (χ1) is 6.29. The first-order valence-electron chi connectivity index (χ1n) is 4.04. The molecule has 2 aromatic rings. The maximum absolute atomic E-state index is 5.93. The SMILES string of the molecule is Cc1ccccc1-c1cn[nH]c1Cl. The lowest BCUT2D eigenvalue weighted by atomic mass is 10.0. The Bertz CT molecular complexity index is 420. The molecule has 0 aliphatic carbocycles. The van der Waals surface area contributed by atoms with Crippen molar-refractivity contribution < 1.29 is 0 Å². The molecule has 1 aromatic carbocycles. The molecule has 2 rings (SSSR count). The van der Waals surface area contributed by atoms with Crippen molar-refractivity contribution in [1.29, 1.82) is 0 Å². The monoisotopic (exact) mass is 192 g/mol. The lowest BCUT2D eigenvalue weighted by molar-refractivity contribution is 1.09. The van der Waals surface area contributed by atoms with Crippen molar-refractivity contribution in [3.8, 4) is 11.1 Å². The maximum atomic E-state index is 5.93. The molecular weight excluding hydrogens is 184 g/mol. The van der Waals surface area contributed by atoms with E-state index in [1.807, 2.05) is 18.2 Å². The van der Waals surface area contributed by atoms with Crippen molar-refractivity contribution in [2.45, 2.75) is 6.92 Å². The average molecular weight is 193 g/mol. The summed E-state index contributed by atoms with van der Waals surface area (Å²) < 4.78 is 0. The van der Waals surface area contributed by atoms with E-state index in [2.05, 4.69) is 23.2 Å². The second-order valence-corrected chi connectivity index (χ2v) is 3.29. The first kappa shape index (κ1) is 8.32. The number of rotatable bonds is 1. The van der Waals surface area contributed by atoms with Crippen LogP contribution in [0.15, 0.2) is 30.5 Å². The summed E-state index contributed by atoms with van der Waals surface area (Å²) in [5.74, 6) is 0. The van der Waals surface area contributed by atoms with E-state index < -0.39 is 0 Å². The molecule has 0 bridgehead atoms. The Labute approximate surface area is 81.6 Å². The maximum Gasteiger partial charge on any atom is 0.132 e. The largest absolute Gasteiger partial charge is 0.267 e. The van der Waals surface area contributed by atoms with Crippen molar-refractivity contribution in [2.75, 3.05) is 0 Å². The van der Waals surface area contributed by atoms with Gasteiger partial charge in [0.05, 0.1) is 6.20 Å². The number of aromatic amines is 1. The molecular formula is C10H9ClN2. The predicted molar refractivity (Wildman–Crippen MR) is 53.8 cm³/mol. The third-order valence-corrected chi connectivity index (χ3v) is 2.32. The van der Waals surface area contributed by atoms with Gasteiger partial charge in [-0.05, 0) is 18.1 Å². The Morgan fingerprint density at radius 2 is 2.00 bits per heavy atom. The Morgan fingerprint density at radius 3 is 2.62 bits per heavy atom. The highest BCUT2D eigenvalue weighted by atomic mass is 35.5. The van der Waals surface area contributed by atoms with Gasteiger partial charge in [-0.2, -0.15) is 5.10 Å². The molecule has 3 heteroatoms. The van der Waals surface area contributed by atoms with Gasteiger partial charge in [0.2, 0.25) is 0 Å². The molecule has 0 aliphatic rings. The summed E-state index contributed by atoms with van der Waals surface area (Å²) in [5, 5.41) is 7.18. The predicted octanol–water partition coefficient (Wildman–Crippen LogP) is 3.04. The van der Waals surface area contributed by atoms with Crippen LogP contribution in [-0.4, -0.2) is 10.2 Å². The van der Waals surface area contributed by atoms with E-state index in [-0.39, 0.29) is 0 Å². The lowest BCUT2D eigenvalue weighted by Gasteiger charge is -2.01. The number of nitrogens with zero attached hydrogens (tertiary/aromatic N) is 1. The van der Waals surface area contributed by atoms with Gasteiger partial charge in [0.15, 0.2) is 0 Å². The quantitative estimate of drug-likeness (QED) is 0.739. The molecule has 0 radical (unpaired) electrons. The fourth-order valence-electron chi connectivity index (χ4n) is 1.33. The summed E-state index contributed by atoms with van der Waals surface area (Å²) in [4.78, 5) is 0. The van der Waals surface area contributed by atoms with Crippen LogP contribution in [0, 0.1) is 6.92 Å². The van der Waals surface area contributed by atoms with Gasteiger partial charge in [0, 0.05) is 5.56 Å². The molecule has 1 heterocycles. The minimum absolute atomic E-state index is 0.592. The fourth-order valence-corrected chi connectivity index (χ4v) is 1.53. The van der Waals surface area contributed by atoms with E-state index in [4.69, 9.17) is 11.6 Å². The van der Waals surface area contributed by atoms with Gasteiger partial charge < -0.3 is 0 Å². The number of aryl methyl sites for hydroxylation is 1. The molecule has 0 unspecified atom stereocenters. The summed E-state index contributed by atoms with van der Waals surface area (Å²) in [6.45, 7) is 2.05. The van der Waals surface area contributed by atoms with Gasteiger partial charge in [-0.1, -0.05) is 35.9 Å². The Balaban J connectivity index is 2.59. The zero-order valence-electron chi connectivity index (χ0n) is 7.21. The molecule has 0 atom stereocenters. The normalized spacial score (nSPS) is 10.3. The Hall–Kier alpha value is -1.28. The summed E-state index contributed by atoms with van der Waals surface area (Å²) in [7, 11) is 0. The van der Waals surface area contributed by atoms with Crippen LogP contribution in [0.25, 0.3) is 11.1 Å².